The Labute approximate surface area is 198 Å². The maximum Gasteiger partial charge on any atom is 0.347 e. The summed E-state index contributed by atoms with van der Waals surface area (Å²) >= 11 is 0. The molecule has 0 aliphatic carbocycles. The SMILES string of the molecule is CCOC(=O)[C@@H](C)Oc1ccc([C@H]2NC(=O)NC(C)=C2C(=O)Nc2ccc(C)cc2)cc1OC. The van der Waals surface area contributed by atoms with Crippen molar-refractivity contribution in [2.75, 3.05) is 19.0 Å². The van der Waals surface area contributed by atoms with Gasteiger partial charge in [-0.05, 0) is 57.5 Å². The Hall–Kier alpha value is -4.01. The highest BCUT2D eigenvalue weighted by Crippen LogP contribution is 2.35. The van der Waals surface area contributed by atoms with Crippen LogP contribution in [-0.4, -0.2) is 37.7 Å². The molecular formula is C25H29N3O6. The van der Waals surface area contributed by atoms with E-state index in [1.807, 2.05) is 31.2 Å². The van der Waals surface area contributed by atoms with E-state index in [2.05, 4.69) is 16.0 Å². The lowest BCUT2D eigenvalue weighted by molar-refractivity contribution is -0.150. The molecule has 1 heterocycles. The molecule has 0 radical (unpaired) electrons. The van der Waals surface area contributed by atoms with Crippen molar-refractivity contribution < 1.29 is 28.6 Å². The minimum atomic E-state index is -0.837. The van der Waals surface area contributed by atoms with Crippen LogP contribution in [0.4, 0.5) is 10.5 Å². The van der Waals surface area contributed by atoms with Gasteiger partial charge in [0.25, 0.3) is 5.91 Å². The third kappa shape index (κ3) is 5.67. The largest absolute Gasteiger partial charge is 0.493 e. The van der Waals surface area contributed by atoms with Gasteiger partial charge >= 0.3 is 12.0 Å². The summed E-state index contributed by atoms with van der Waals surface area (Å²) < 4.78 is 16.1. The Morgan fingerprint density at radius 2 is 1.79 bits per heavy atom. The van der Waals surface area contributed by atoms with Gasteiger partial charge in [0.2, 0.25) is 0 Å². The molecule has 0 fully saturated rings. The van der Waals surface area contributed by atoms with Gasteiger partial charge in [0.15, 0.2) is 17.6 Å². The smallest absolute Gasteiger partial charge is 0.347 e. The summed E-state index contributed by atoms with van der Waals surface area (Å²) in [6.45, 7) is 7.18. The summed E-state index contributed by atoms with van der Waals surface area (Å²) in [6.07, 6.45) is -0.837. The number of esters is 1. The normalized spacial score (nSPS) is 16.1. The maximum absolute atomic E-state index is 13.2. The molecule has 1 aliphatic heterocycles. The van der Waals surface area contributed by atoms with Crippen molar-refractivity contribution in [3.8, 4) is 11.5 Å². The molecule has 0 saturated heterocycles. The predicted molar refractivity (Wildman–Crippen MR) is 127 cm³/mol. The number of urea groups is 1. The van der Waals surface area contributed by atoms with Crippen molar-refractivity contribution >= 4 is 23.6 Å². The number of carbonyl (C=O) groups is 3. The number of hydrogen-bond acceptors (Lipinski definition) is 6. The summed E-state index contributed by atoms with van der Waals surface area (Å²) in [6, 6.07) is 11.3. The fourth-order valence-electron chi connectivity index (χ4n) is 3.54. The van der Waals surface area contributed by atoms with E-state index in [1.165, 1.54) is 7.11 Å². The molecule has 3 amide bonds. The Morgan fingerprint density at radius 1 is 1.09 bits per heavy atom. The number of ether oxygens (including phenoxy) is 3. The number of anilines is 1. The summed E-state index contributed by atoms with van der Waals surface area (Å²) in [5.74, 6) is -0.169. The Kier molecular flexibility index (Phi) is 7.78. The number of benzene rings is 2. The summed E-state index contributed by atoms with van der Waals surface area (Å²) in [4.78, 5) is 37.3. The number of aryl methyl sites for hydroxylation is 1. The van der Waals surface area contributed by atoms with Gasteiger partial charge in [-0.15, -0.1) is 0 Å². The standard InChI is InChI=1S/C25H29N3O6/c1-6-33-24(30)16(4)34-19-12-9-17(13-20(19)32-5)22-21(15(3)26-25(31)28-22)23(29)27-18-10-7-14(2)8-11-18/h7-13,16,22H,6H2,1-5H3,(H,27,29)(H2,26,28,31)/t16-,22-/m1/s1. The topological polar surface area (TPSA) is 115 Å². The summed E-state index contributed by atoms with van der Waals surface area (Å²) in [5.41, 5.74) is 3.12. The Balaban J connectivity index is 1.90. The van der Waals surface area contributed by atoms with E-state index >= 15 is 0 Å². The first-order valence-electron chi connectivity index (χ1n) is 10.9. The first-order chi connectivity index (χ1) is 16.2. The monoisotopic (exact) mass is 467 g/mol. The highest BCUT2D eigenvalue weighted by atomic mass is 16.6. The molecule has 0 saturated carbocycles. The van der Waals surface area contributed by atoms with Crippen LogP contribution in [0.5, 0.6) is 11.5 Å². The van der Waals surface area contributed by atoms with E-state index in [0.29, 0.717) is 34.0 Å². The maximum atomic E-state index is 13.2. The molecule has 34 heavy (non-hydrogen) atoms. The minimum Gasteiger partial charge on any atom is -0.493 e. The lowest BCUT2D eigenvalue weighted by Crippen LogP contribution is -2.46. The first kappa shape index (κ1) is 24.6. The lowest BCUT2D eigenvalue weighted by atomic mass is 9.94. The number of rotatable bonds is 8. The molecule has 3 rings (SSSR count). The van der Waals surface area contributed by atoms with Gasteiger partial charge in [-0.25, -0.2) is 9.59 Å². The Morgan fingerprint density at radius 3 is 2.44 bits per heavy atom. The second-order valence-corrected chi connectivity index (χ2v) is 7.81. The lowest BCUT2D eigenvalue weighted by Gasteiger charge is -2.29. The minimum absolute atomic E-state index is 0.247. The average Bonchev–Trinajstić information content (AvgIpc) is 2.80. The molecule has 0 spiro atoms. The Bertz CT molecular complexity index is 1110. The highest BCUT2D eigenvalue weighted by Gasteiger charge is 2.32. The quantitative estimate of drug-likeness (QED) is 0.511. The van der Waals surface area contributed by atoms with Crippen molar-refractivity contribution in [3.05, 3.63) is 64.9 Å². The molecule has 2 atom stereocenters. The van der Waals surface area contributed by atoms with E-state index in [9.17, 15) is 14.4 Å². The third-order valence-electron chi connectivity index (χ3n) is 5.27. The van der Waals surface area contributed by atoms with Crippen molar-refractivity contribution in [2.45, 2.75) is 39.8 Å². The number of allylic oxidation sites excluding steroid dienone is 1. The van der Waals surface area contributed by atoms with E-state index in [-0.39, 0.29) is 12.5 Å². The fraction of sp³-hybridized carbons (Fsp3) is 0.320. The molecule has 9 nitrogen and oxygen atoms in total. The number of carbonyl (C=O) groups excluding carboxylic acids is 3. The molecular weight excluding hydrogens is 438 g/mol. The van der Waals surface area contributed by atoms with Crippen molar-refractivity contribution in [1.82, 2.24) is 10.6 Å². The van der Waals surface area contributed by atoms with Gasteiger partial charge in [0.05, 0.1) is 25.3 Å². The number of nitrogens with one attached hydrogen (secondary N) is 3. The van der Waals surface area contributed by atoms with Crippen LogP contribution in [0.15, 0.2) is 53.7 Å². The van der Waals surface area contributed by atoms with Crippen molar-refractivity contribution in [3.63, 3.8) is 0 Å². The van der Waals surface area contributed by atoms with Crippen LogP contribution in [0, 0.1) is 6.92 Å². The van der Waals surface area contributed by atoms with Crippen LogP contribution >= 0.6 is 0 Å². The number of amides is 3. The summed E-state index contributed by atoms with van der Waals surface area (Å²) in [7, 11) is 1.47. The van der Waals surface area contributed by atoms with E-state index in [4.69, 9.17) is 14.2 Å². The fourth-order valence-corrected chi connectivity index (χ4v) is 3.54. The molecule has 2 aromatic carbocycles. The van der Waals surface area contributed by atoms with Crippen LogP contribution in [0.2, 0.25) is 0 Å². The second kappa shape index (κ2) is 10.7. The molecule has 2 aromatic rings. The zero-order valence-corrected chi connectivity index (χ0v) is 19.9. The van der Waals surface area contributed by atoms with Gasteiger partial charge in [-0.1, -0.05) is 23.8 Å². The van der Waals surface area contributed by atoms with Crippen molar-refractivity contribution in [1.29, 1.82) is 0 Å². The van der Waals surface area contributed by atoms with E-state index in [0.717, 1.165) is 5.56 Å². The van der Waals surface area contributed by atoms with Crippen LogP contribution in [0.25, 0.3) is 0 Å². The van der Waals surface area contributed by atoms with Crippen LogP contribution in [-0.2, 0) is 14.3 Å². The third-order valence-corrected chi connectivity index (χ3v) is 5.27. The van der Waals surface area contributed by atoms with Gasteiger partial charge < -0.3 is 30.2 Å². The molecule has 0 bridgehead atoms. The second-order valence-electron chi connectivity index (χ2n) is 7.81. The predicted octanol–water partition coefficient (Wildman–Crippen LogP) is 3.60. The average molecular weight is 468 g/mol. The van der Waals surface area contributed by atoms with E-state index in [1.54, 1.807) is 39.0 Å². The van der Waals surface area contributed by atoms with Crippen LogP contribution < -0.4 is 25.4 Å². The molecule has 9 heteroatoms. The van der Waals surface area contributed by atoms with Gasteiger partial charge in [0.1, 0.15) is 0 Å². The van der Waals surface area contributed by atoms with Crippen LogP contribution in [0.1, 0.15) is 37.9 Å². The van der Waals surface area contributed by atoms with Gasteiger partial charge in [-0.3, -0.25) is 4.79 Å². The van der Waals surface area contributed by atoms with Gasteiger partial charge in [0, 0.05) is 11.4 Å². The first-order valence-corrected chi connectivity index (χ1v) is 10.9. The summed E-state index contributed by atoms with van der Waals surface area (Å²) in [5, 5.41) is 8.33. The number of methoxy groups -OCH3 is 1. The highest BCUT2D eigenvalue weighted by molar-refractivity contribution is 6.06. The zero-order valence-electron chi connectivity index (χ0n) is 19.9. The zero-order chi connectivity index (χ0) is 24.8. The number of hydrogen-bond donors (Lipinski definition) is 3. The van der Waals surface area contributed by atoms with Crippen LogP contribution in [0.3, 0.4) is 0 Å². The molecule has 3 N–H and O–H groups in total. The van der Waals surface area contributed by atoms with Gasteiger partial charge in [-0.2, -0.15) is 0 Å². The van der Waals surface area contributed by atoms with E-state index < -0.39 is 24.1 Å². The molecule has 1 aliphatic rings. The molecule has 0 aromatic heterocycles. The molecule has 180 valence electrons. The van der Waals surface area contributed by atoms with Crippen molar-refractivity contribution in [2.24, 2.45) is 0 Å². The molecule has 0 unspecified atom stereocenters.